The van der Waals surface area contributed by atoms with Gasteiger partial charge in [-0.05, 0) is 73.9 Å². The highest BCUT2D eigenvalue weighted by atomic mass is 32.2. The van der Waals surface area contributed by atoms with Crippen LogP contribution in [-0.4, -0.2) is 54.5 Å². The monoisotopic (exact) mass is 644 g/mol. The Morgan fingerprint density at radius 1 is 0.978 bits per heavy atom. The first kappa shape index (κ1) is 32.3. The molecule has 46 heavy (non-hydrogen) atoms. The fourth-order valence-electron chi connectivity index (χ4n) is 5.15. The molecule has 2 heterocycles. The number of ether oxygens (including phenoxy) is 1. The number of hydrogen-bond donors (Lipinski definition) is 3. The van der Waals surface area contributed by atoms with Gasteiger partial charge < -0.3 is 15.2 Å². The van der Waals surface area contributed by atoms with Gasteiger partial charge in [-0.2, -0.15) is 5.10 Å². The van der Waals surface area contributed by atoms with E-state index in [1.807, 2.05) is 44.2 Å². The maximum absolute atomic E-state index is 13.7. The standard InChI is InChI=1S/C34H33FN4O6S/c1-34(2,25-11-5-4-6-12-25)36-32(40)24-10-7-9-23(19-24)27-20-29-30(33(41)42)31(22-13-15-26(35)16-14-22)37-39(29)21-28(27)38-46(43,44)18-8-17-45-3/h4-7,9-16,19-21,38H,8,17-18H2,1-3H3,(H,36,40)(H,41,42). The van der Waals surface area contributed by atoms with E-state index in [2.05, 4.69) is 15.1 Å². The number of carbonyl (C=O) groups excluding carboxylic acids is 1. The molecule has 12 heteroatoms. The van der Waals surface area contributed by atoms with Crippen molar-refractivity contribution in [1.82, 2.24) is 14.9 Å². The fraction of sp³-hybridized carbons (Fsp3) is 0.206. The number of nitrogens with one attached hydrogen (secondary N) is 2. The largest absolute Gasteiger partial charge is 0.478 e. The van der Waals surface area contributed by atoms with E-state index in [1.165, 1.54) is 48.2 Å². The summed E-state index contributed by atoms with van der Waals surface area (Å²) >= 11 is 0. The first-order chi connectivity index (χ1) is 21.9. The van der Waals surface area contributed by atoms with Crippen LogP contribution >= 0.6 is 0 Å². The minimum absolute atomic E-state index is 0.0785. The summed E-state index contributed by atoms with van der Waals surface area (Å²) in [5.74, 6) is -2.35. The summed E-state index contributed by atoms with van der Waals surface area (Å²) in [6.07, 6.45) is 1.64. The molecule has 0 aliphatic rings. The van der Waals surface area contributed by atoms with E-state index in [4.69, 9.17) is 4.74 Å². The third kappa shape index (κ3) is 7.08. The van der Waals surface area contributed by atoms with Crippen LogP contribution in [0.2, 0.25) is 0 Å². The van der Waals surface area contributed by atoms with Crippen molar-refractivity contribution in [3.05, 3.63) is 114 Å². The predicted molar refractivity (Wildman–Crippen MR) is 174 cm³/mol. The van der Waals surface area contributed by atoms with Gasteiger partial charge in [0.25, 0.3) is 5.91 Å². The van der Waals surface area contributed by atoms with Crippen molar-refractivity contribution in [2.24, 2.45) is 0 Å². The Balaban J connectivity index is 1.63. The summed E-state index contributed by atoms with van der Waals surface area (Å²) in [6, 6.07) is 22.9. The first-order valence-electron chi connectivity index (χ1n) is 14.4. The third-order valence-electron chi connectivity index (χ3n) is 7.49. The summed E-state index contributed by atoms with van der Waals surface area (Å²) in [7, 11) is -2.39. The Morgan fingerprint density at radius 3 is 2.37 bits per heavy atom. The number of methoxy groups -OCH3 is 1. The summed E-state index contributed by atoms with van der Waals surface area (Å²) in [4.78, 5) is 26.0. The van der Waals surface area contributed by atoms with Gasteiger partial charge in [-0.15, -0.1) is 0 Å². The number of fused-ring (bicyclic) bond motifs is 1. The van der Waals surface area contributed by atoms with Gasteiger partial charge in [0.05, 0.1) is 28.7 Å². The second-order valence-electron chi connectivity index (χ2n) is 11.3. The van der Waals surface area contributed by atoms with E-state index in [0.717, 1.165) is 5.56 Å². The smallest absolute Gasteiger partial charge is 0.340 e. The van der Waals surface area contributed by atoms with E-state index in [1.54, 1.807) is 24.3 Å². The van der Waals surface area contributed by atoms with Crippen molar-refractivity contribution in [2.45, 2.75) is 25.8 Å². The number of amides is 1. The Labute approximate surface area is 265 Å². The van der Waals surface area contributed by atoms with Crippen molar-refractivity contribution >= 4 is 33.1 Å². The number of hydrogen-bond acceptors (Lipinski definition) is 6. The Bertz CT molecular complexity index is 2010. The predicted octanol–water partition coefficient (Wildman–Crippen LogP) is 5.95. The maximum atomic E-state index is 13.7. The summed E-state index contributed by atoms with van der Waals surface area (Å²) < 4.78 is 48.7. The molecule has 2 aromatic heterocycles. The van der Waals surface area contributed by atoms with Crippen LogP contribution in [0.5, 0.6) is 0 Å². The lowest BCUT2D eigenvalue weighted by molar-refractivity contribution is 0.0699. The van der Waals surface area contributed by atoms with Gasteiger partial charge in [-0.3, -0.25) is 9.52 Å². The average molecular weight is 645 g/mol. The quantitative estimate of drug-likeness (QED) is 0.143. The number of pyridine rings is 1. The molecule has 0 radical (unpaired) electrons. The van der Waals surface area contributed by atoms with Crippen molar-refractivity contribution in [1.29, 1.82) is 0 Å². The van der Waals surface area contributed by atoms with Crippen LogP contribution in [0.4, 0.5) is 10.1 Å². The molecule has 0 saturated carbocycles. The number of rotatable bonds is 12. The zero-order valence-corrected chi connectivity index (χ0v) is 26.3. The van der Waals surface area contributed by atoms with Crippen molar-refractivity contribution < 1.29 is 32.2 Å². The van der Waals surface area contributed by atoms with Crippen molar-refractivity contribution in [3.8, 4) is 22.4 Å². The molecule has 0 bridgehead atoms. The molecule has 10 nitrogen and oxygen atoms in total. The number of benzene rings is 3. The van der Waals surface area contributed by atoms with E-state index in [-0.39, 0.29) is 47.1 Å². The third-order valence-corrected chi connectivity index (χ3v) is 8.84. The molecule has 0 aliphatic heterocycles. The highest BCUT2D eigenvalue weighted by molar-refractivity contribution is 7.92. The molecule has 3 aromatic carbocycles. The van der Waals surface area contributed by atoms with Crippen LogP contribution in [0.3, 0.4) is 0 Å². The first-order valence-corrected chi connectivity index (χ1v) is 16.1. The van der Waals surface area contributed by atoms with Crippen LogP contribution in [0.25, 0.3) is 27.9 Å². The number of carbonyl (C=O) groups is 2. The number of carboxylic acid groups (broad SMARTS) is 1. The van der Waals surface area contributed by atoms with Crippen LogP contribution in [0.15, 0.2) is 91.1 Å². The summed E-state index contributed by atoms with van der Waals surface area (Å²) in [5, 5.41) is 17.7. The highest BCUT2D eigenvalue weighted by Crippen LogP contribution is 2.35. The summed E-state index contributed by atoms with van der Waals surface area (Å²) in [6.45, 7) is 4.02. The molecular weight excluding hydrogens is 611 g/mol. The van der Waals surface area contributed by atoms with Crippen LogP contribution in [0, 0.1) is 5.82 Å². The molecule has 5 aromatic rings. The molecular formula is C34H33FN4O6S. The molecule has 3 N–H and O–H groups in total. The average Bonchev–Trinajstić information content (AvgIpc) is 3.40. The number of sulfonamides is 1. The van der Waals surface area contributed by atoms with E-state index in [9.17, 15) is 27.5 Å². The van der Waals surface area contributed by atoms with E-state index < -0.39 is 27.3 Å². The lowest BCUT2D eigenvalue weighted by Gasteiger charge is -2.27. The normalized spacial score (nSPS) is 11.8. The number of aromatic nitrogens is 2. The molecule has 5 rings (SSSR count). The molecule has 0 unspecified atom stereocenters. The molecule has 0 aliphatic carbocycles. The SMILES string of the molecule is COCCCS(=O)(=O)Nc1cn2nc(-c3ccc(F)cc3)c(C(=O)O)c2cc1-c1cccc(C(=O)NC(C)(C)c2ccccc2)c1. The lowest BCUT2D eigenvalue weighted by atomic mass is 9.93. The number of anilines is 1. The van der Waals surface area contributed by atoms with E-state index in [0.29, 0.717) is 22.3 Å². The van der Waals surface area contributed by atoms with Gasteiger partial charge in [-0.25, -0.2) is 22.1 Å². The van der Waals surface area contributed by atoms with Gasteiger partial charge >= 0.3 is 5.97 Å². The molecule has 0 atom stereocenters. The molecule has 1 amide bonds. The van der Waals surface area contributed by atoms with E-state index >= 15 is 0 Å². The Morgan fingerprint density at radius 2 is 1.70 bits per heavy atom. The number of halogens is 1. The second kappa shape index (κ2) is 13.1. The fourth-order valence-corrected chi connectivity index (χ4v) is 6.25. The van der Waals surface area contributed by atoms with Crippen LogP contribution in [-0.2, 0) is 20.3 Å². The van der Waals surface area contributed by atoms with Crippen molar-refractivity contribution in [2.75, 3.05) is 24.2 Å². The van der Waals surface area contributed by atoms with Gasteiger partial charge in [-0.1, -0.05) is 42.5 Å². The lowest BCUT2D eigenvalue weighted by Crippen LogP contribution is -2.40. The zero-order valence-electron chi connectivity index (χ0n) is 25.5. The van der Waals surface area contributed by atoms with Gasteiger partial charge in [0.1, 0.15) is 17.1 Å². The van der Waals surface area contributed by atoms with Crippen molar-refractivity contribution in [3.63, 3.8) is 0 Å². The Kier molecular flexibility index (Phi) is 9.22. The maximum Gasteiger partial charge on any atom is 0.340 e. The zero-order chi connectivity index (χ0) is 33.1. The minimum Gasteiger partial charge on any atom is -0.478 e. The number of carboxylic acids is 1. The number of aromatic carboxylic acids is 1. The topological polar surface area (TPSA) is 139 Å². The van der Waals surface area contributed by atoms with Gasteiger partial charge in [0.15, 0.2) is 0 Å². The molecule has 0 spiro atoms. The van der Waals surface area contributed by atoms with Crippen LogP contribution in [0.1, 0.15) is 46.5 Å². The Hall–Kier alpha value is -5.07. The number of nitrogens with zero attached hydrogens (tertiary/aromatic N) is 2. The molecule has 0 saturated heterocycles. The van der Waals surface area contributed by atoms with Gasteiger partial charge in [0, 0.05) is 30.4 Å². The molecule has 0 fully saturated rings. The highest BCUT2D eigenvalue weighted by Gasteiger charge is 2.26. The summed E-state index contributed by atoms with van der Waals surface area (Å²) in [5.41, 5.74) is 1.91. The van der Waals surface area contributed by atoms with Crippen LogP contribution < -0.4 is 10.0 Å². The molecule has 238 valence electrons. The van der Waals surface area contributed by atoms with Gasteiger partial charge in [0.2, 0.25) is 10.0 Å². The second-order valence-corrected chi connectivity index (χ2v) is 13.1. The minimum atomic E-state index is -3.87.